The molecule has 0 bridgehead atoms. The van der Waals surface area contributed by atoms with Crippen molar-refractivity contribution in [1.82, 2.24) is 0 Å². The first-order chi connectivity index (χ1) is 6.72. The highest BCUT2D eigenvalue weighted by molar-refractivity contribution is 5.15. The molecule has 1 unspecified atom stereocenters. The van der Waals surface area contributed by atoms with E-state index in [-0.39, 0.29) is 11.9 Å². The summed E-state index contributed by atoms with van der Waals surface area (Å²) in [5, 5.41) is 0. The molecule has 1 rings (SSSR count). The molecule has 1 aromatic rings. The number of nitrogens with two attached hydrogens (primary N) is 1. The van der Waals surface area contributed by atoms with Crippen molar-refractivity contribution in [1.29, 1.82) is 0 Å². The van der Waals surface area contributed by atoms with E-state index in [0.29, 0.717) is 13.2 Å². The Bertz CT molecular complexity index is 278. The summed E-state index contributed by atoms with van der Waals surface area (Å²) in [6.45, 7) is 2.95. The van der Waals surface area contributed by atoms with Crippen LogP contribution in [0.3, 0.4) is 0 Å². The van der Waals surface area contributed by atoms with E-state index >= 15 is 0 Å². The van der Waals surface area contributed by atoms with Crippen LogP contribution in [0.2, 0.25) is 0 Å². The molecule has 78 valence electrons. The van der Waals surface area contributed by atoms with Gasteiger partial charge in [-0.25, -0.2) is 4.39 Å². The Morgan fingerprint density at radius 1 is 1.50 bits per heavy atom. The largest absolute Gasteiger partial charge is 0.375 e. The summed E-state index contributed by atoms with van der Waals surface area (Å²) in [6, 6.07) is 6.47. The number of ether oxygens (including phenoxy) is 1. The Labute approximate surface area is 83.9 Å². The van der Waals surface area contributed by atoms with Gasteiger partial charge in [-0.15, -0.1) is 0 Å². The zero-order valence-corrected chi connectivity index (χ0v) is 8.37. The number of benzene rings is 1. The first-order valence-electron chi connectivity index (χ1n) is 4.80. The molecule has 0 saturated carbocycles. The van der Waals surface area contributed by atoms with Gasteiger partial charge in [0.15, 0.2) is 0 Å². The lowest BCUT2D eigenvalue weighted by Gasteiger charge is -2.09. The second kappa shape index (κ2) is 5.73. The number of halogens is 1. The topological polar surface area (TPSA) is 35.2 Å². The predicted molar refractivity (Wildman–Crippen MR) is 54.3 cm³/mol. The molecule has 0 aliphatic heterocycles. The van der Waals surface area contributed by atoms with Crippen LogP contribution in [-0.4, -0.2) is 12.6 Å². The van der Waals surface area contributed by atoms with E-state index in [2.05, 4.69) is 0 Å². The van der Waals surface area contributed by atoms with Crippen LogP contribution >= 0.6 is 0 Å². The fraction of sp³-hybridized carbons (Fsp3) is 0.455. The van der Waals surface area contributed by atoms with Crippen molar-refractivity contribution >= 4 is 0 Å². The summed E-state index contributed by atoms with van der Waals surface area (Å²) < 4.78 is 18.1. The molecule has 0 aromatic heterocycles. The van der Waals surface area contributed by atoms with Crippen LogP contribution in [0.15, 0.2) is 24.3 Å². The molecule has 14 heavy (non-hydrogen) atoms. The van der Waals surface area contributed by atoms with Crippen molar-refractivity contribution in [2.75, 3.05) is 6.61 Å². The highest BCUT2D eigenvalue weighted by Gasteiger charge is 1.99. The zero-order chi connectivity index (χ0) is 10.4. The molecule has 2 nitrogen and oxygen atoms in total. The average molecular weight is 197 g/mol. The fourth-order valence-corrected chi connectivity index (χ4v) is 1.07. The quantitative estimate of drug-likeness (QED) is 0.784. The fourth-order valence-electron chi connectivity index (χ4n) is 1.07. The molecule has 1 atom stereocenters. The molecular weight excluding hydrogens is 181 g/mol. The third-order valence-corrected chi connectivity index (χ3v) is 2.01. The van der Waals surface area contributed by atoms with Gasteiger partial charge in [0.25, 0.3) is 0 Å². The Kier molecular flexibility index (Phi) is 4.56. The van der Waals surface area contributed by atoms with E-state index in [9.17, 15) is 4.39 Å². The van der Waals surface area contributed by atoms with Gasteiger partial charge < -0.3 is 10.5 Å². The van der Waals surface area contributed by atoms with Gasteiger partial charge in [0.2, 0.25) is 0 Å². The van der Waals surface area contributed by atoms with Gasteiger partial charge in [-0.2, -0.15) is 0 Å². The van der Waals surface area contributed by atoms with Crippen LogP contribution in [0.1, 0.15) is 18.9 Å². The lowest BCUT2D eigenvalue weighted by molar-refractivity contribution is 0.107. The molecule has 2 N–H and O–H groups in total. The van der Waals surface area contributed by atoms with Crippen LogP contribution in [0.25, 0.3) is 0 Å². The van der Waals surface area contributed by atoms with Crippen molar-refractivity contribution in [3.63, 3.8) is 0 Å². The van der Waals surface area contributed by atoms with E-state index in [1.807, 2.05) is 13.0 Å². The molecule has 0 spiro atoms. The summed E-state index contributed by atoms with van der Waals surface area (Å²) in [4.78, 5) is 0. The molecule has 0 fully saturated rings. The van der Waals surface area contributed by atoms with E-state index in [4.69, 9.17) is 10.5 Å². The van der Waals surface area contributed by atoms with E-state index in [0.717, 1.165) is 12.0 Å². The van der Waals surface area contributed by atoms with Crippen LogP contribution < -0.4 is 5.73 Å². The standard InChI is InChI=1S/C11H16FNO/c1-2-11(13)8-14-7-9-4-3-5-10(12)6-9/h3-6,11H,2,7-8,13H2,1H3. The van der Waals surface area contributed by atoms with Crippen LogP contribution in [0.5, 0.6) is 0 Å². The number of hydrogen-bond acceptors (Lipinski definition) is 2. The van der Waals surface area contributed by atoms with E-state index in [1.165, 1.54) is 12.1 Å². The monoisotopic (exact) mass is 197 g/mol. The minimum absolute atomic E-state index is 0.0727. The molecule has 0 aliphatic carbocycles. The van der Waals surface area contributed by atoms with Crippen LogP contribution in [0.4, 0.5) is 4.39 Å². The number of rotatable bonds is 5. The lowest BCUT2D eigenvalue weighted by atomic mass is 10.2. The second-order valence-corrected chi connectivity index (χ2v) is 3.31. The third-order valence-electron chi connectivity index (χ3n) is 2.01. The summed E-state index contributed by atoms with van der Waals surface area (Å²) in [5.74, 6) is -0.231. The summed E-state index contributed by atoms with van der Waals surface area (Å²) >= 11 is 0. The lowest BCUT2D eigenvalue weighted by Crippen LogP contribution is -2.24. The van der Waals surface area contributed by atoms with Gasteiger partial charge in [0.1, 0.15) is 5.82 Å². The maximum absolute atomic E-state index is 12.7. The molecular formula is C11H16FNO. The van der Waals surface area contributed by atoms with Gasteiger partial charge in [-0.3, -0.25) is 0 Å². The van der Waals surface area contributed by atoms with Gasteiger partial charge in [-0.1, -0.05) is 19.1 Å². The van der Waals surface area contributed by atoms with Crippen molar-refractivity contribution < 1.29 is 9.13 Å². The highest BCUT2D eigenvalue weighted by atomic mass is 19.1. The normalized spacial score (nSPS) is 12.8. The van der Waals surface area contributed by atoms with Gasteiger partial charge >= 0.3 is 0 Å². The van der Waals surface area contributed by atoms with Crippen molar-refractivity contribution in [2.24, 2.45) is 5.73 Å². The Morgan fingerprint density at radius 3 is 2.93 bits per heavy atom. The van der Waals surface area contributed by atoms with Crippen LogP contribution in [0, 0.1) is 5.82 Å². The van der Waals surface area contributed by atoms with Crippen molar-refractivity contribution in [2.45, 2.75) is 26.0 Å². The number of hydrogen-bond donors (Lipinski definition) is 1. The SMILES string of the molecule is CCC(N)COCc1cccc(F)c1. The first kappa shape index (κ1) is 11.1. The maximum Gasteiger partial charge on any atom is 0.123 e. The Balaban J connectivity index is 2.31. The predicted octanol–water partition coefficient (Wildman–Crippen LogP) is 2.08. The third kappa shape index (κ3) is 3.85. The van der Waals surface area contributed by atoms with Crippen molar-refractivity contribution in [3.8, 4) is 0 Å². The molecule has 0 saturated heterocycles. The highest BCUT2D eigenvalue weighted by Crippen LogP contribution is 2.05. The zero-order valence-electron chi connectivity index (χ0n) is 8.37. The molecule has 0 radical (unpaired) electrons. The minimum atomic E-state index is -0.231. The Morgan fingerprint density at radius 2 is 2.29 bits per heavy atom. The second-order valence-electron chi connectivity index (χ2n) is 3.31. The van der Waals surface area contributed by atoms with E-state index < -0.39 is 0 Å². The van der Waals surface area contributed by atoms with E-state index in [1.54, 1.807) is 6.07 Å². The van der Waals surface area contributed by atoms with Gasteiger partial charge in [0.05, 0.1) is 13.2 Å². The summed E-state index contributed by atoms with van der Waals surface area (Å²) in [5.41, 5.74) is 6.51. The average Bonchev–Trinajstić information content (AvgIpc) is 2.17. The Hall–Kier alpha value is -0.930. The summed E-state index contributed by atoms with van der Waals surface area (Å²) in [7, 11) is 0. The van der Waals surface area contributed by atoms with Crippen molar-refractivity contribution in [3.05, 3.63) is 35.6 Å². The minimum Gasteiger partial charge on any atom is -0.375 e. The van der Waals surface area contributed by atoms with Crippen LogP contribution in [-0.2, 0) is 11.3 Å². The van der Waals surface area contributed by atoms with Gasteiger partial charge in [0, 0.05) is 6.04 Å². The summed E-state index contributed by atoms with van der Waals surface area (Å²) in [6.07, 6.45) is 0.892. The molecule has 0 heterocycles. The molecule has 0 aliphatic rings. The maximum atomic E-state index is 12.7. The first-order valence-corrected chi connectivity index (χ1v) is 4.80. The van der Waals surface area contributed by atoms with Gasteiger partial charge in [-0.05, 0) is 24.1 Å². The molecule has 0 amide bonds. The molecule has 3 heteroatoms. The smallest absolute Gasteiger partial charge is 0.123 e. The molecule has 1 aromatic carbocycles.